The van der Waals surface area contributed by atoms with E-state index >= 15 is 0 Å². The van der Waals surface area contributed by atoms with E-state index in [9.17, 15) is 0 Å². The van der Waals surface area contributed by atoms with E-state index in [1.54, 1.807) is 0 Å². The Morgan fingerprint density at radius 1 is 1.33 bits per heavy atom. The van der Waals surface area contributed by atoms with E-state index in [4.69, 9.17) is 0 Å². The number of halogens is 1. The summed E-state index contributed by atoms with van der Waals surface area (Å²) in [6.07, 6.45) is 3.89. The van der Waals surface area contributed by atoms with Gasteiger partial charge in [0.05, 0.1) is 0 Å². The van der Waals surface area contributed by atoms with Gasteiger partial charge < -0.3 is 5.32 Å². The monoisotopic (exact) mass is 267 g/mol. The average molecular weight is 268 g/mol. The third-order valence-electron chi connectivity index (χ3n) is 3.35. The Morgan fingerprint density at radius 2 is 2.07 bits per heavy atom. The fourth-order valence-electron chi connectivity index (χ4n) is 2.27. The predicted octanol–water partition coefficient (Wildman–Crippen LogP) is 3.30. The lowest BCUT2D eigenvalue weighted by Crippen LogP contribution is -2.28. The second-order valence-corrected chi connectivity index (χ2v) is 5.28. The molecule has 1 aliphatic rings. The summed E-state index contributed by atoms with van der Waals surface area (Å²) in [6, 6.07) is 6.54. The minimum atomic E-state index is 0.874. The molecular weight excluding hydrogens is 250 g/mol. The molecule has 1 saturated heterocycles. The highest BCUT2D eigenvalue weighted by atomic mass is 79.9. The van der Waals surface area contributed by atoms with Crippen molar-refractivity contribution in [1.82, 2.24) is 5.32 Å². The highest BCUT2D eigenvalue weighted by Gasteiger charge is 2.14. The van der Waals surface area contributed by atoms with Crippen molar-refractivity contribution in [2.75, 3.05) is 13.1 Å². The Bertz CT molecular complexity index is 329. The maximum absolute atomic E-state index is 3.60. The van der Waals surface area contributed by atoms with Crippen LogP contribution in [-0.4, -0.2) is 13.1 Å². The third kappa shape index (κ3) is 2.82. The van der Waals surface area contributed by atoms with Gasteiger partial charge in [-0.3, -0.25) is 0 Å². The number of nitrogens with one attached hydrogen (secondary N) is 1. The van der Waals surface area contributed by atoms with Crippen molar-refractivity contribution in [1.29, 1.82) is 0 Å². The lowest BCUT2D eigenvalue weighted by atomic mass is 9.89. The van der Waals surface area contributed by atoms with Gasteiger partial charge in [-0.1, -0.05) is 28.1 Å². The molecule has 0 radical (unpaired) electrons. The normalized spacial score (nSPS) is 18.0. The summed E-state index contributed by atoms with van der Waals surface area (Å²) < 4.78 is 1.24. The van der Waals surface area contributed by atoms with Crippen LogP contribution in [-0.2, 0) is 6.42 Å². The van der Waals surface area contributed by atoms with Gasteiger partial charge in [-0.25, -0.2) is 0 Å². The average Bonchev–Trinajstić information content (AvgIpc) is 2.26. The zero-order chi connectivity index (χ0) is 10.7. The number of hydrogen-bond donors (Lipinski definition) is 1. The van der Waals surface area contributed by atoms with Crippen molar-refractivity contribution in [2.24, 2.45) is 5.92 Å². The molecule has 1 heterocycles. The van der Waals surface area contributed by atoms with Gasteiger partial charge in [0, 0.05) is 4.47 Å². The molecular formula is C13H18BrN. The van der Waals surface area contributed by atoms with Crippen molar-refractivity contribution < 1.29 is 0 Å². The van der Waals surface area contributed by atoms with Crippen molar-refractivity contribution >= 4 is 15.9 Å². The quantitative estimate of drug-likeness (QED) is 0.867. The van der Waals surface area contributed by atoms with Gasteiger partial charge in [-0.2, -0.15) is 0 Å². The topological polar surface area (TPSA) is 12.0 Å². The first-order chi connectivity index (χ1) is 7.27. The SMILES string of the molecule is Cc1c(Br)cccc1CC1CCNCC1. The summed E-state index contributed by atoms with van der Waals surface area (Å²) in [5.41, 5.74) is 2.92. The molecule has 0 saturated carbocycles. The first-order valence-corrected chi connectivity index (χ1v) is 6.51. The summed E-state index contributed by atoms with van der Waals surface area (Å²) >= 11 is 3.60. The van der Waals surface area contributed by atoms with Gasteiger partial charge >= 0.3 is 0 Å². The predicted molar refractivity (Wildman–Crippen MR) is 68.2 cm³/mol. The molecule has 2 heteroatoms. The van der Waals surface area contributed by atoms with E-state index < -0.39 is 0 Å². The van der Waals surface area contributed by atoms with Crippen LogP contribution in [0.3, 0.4) is 0 Å². The van der Waals surface area contributed by atoms with Crippen LogP contribution in [0.25, 0.3) is 0 Å². The Balaban J connectivity index is 2.06. The molecule has 0 aromatic heterocycles. The van der Waals surface area contributed by atoms with Gasteiger partial charge in [-0.05, 0) is 62.4 Å². The van der Waals surface area contributed by atoms with Crippen molar-refractivity contribution in [3.05, 3.63) is 33.8 Å². The molecule has 0 spiro atoms. The van der Waals surface area contributed by atoms with Gasteiger partial charge in [-0.15, -0.1) is 0 Å². The molecule has 1 aliphatic heterocycles. The first-order valence-electron chi connectivity index (χ1n) is 5.72. The number of benzene rings is 1. The number of piperidine rings is 1. The molecule has 1 N–H and O–H groups in total. The van der Waals surface area contributed by atoms with Gasteiger partial charge in [0.1, 0.15) is 0 Å². The molecule has 0 aliphatic carbocycles. The molecule has 0 bridgehead atoms. The lowest BCUT2D eigenvalue weighted by Gasteiger charge is -2.23. The number of rotatable bonds is 2. The second-order valence-electron chi connectivity index (χ2n) is 4.42. The molecule has 2 rings (SSSR count). The van der Waals surface area contributed by atoms with E-state index in [0.29, 0.717) is 0 Å². The minimum Gasteiger partial charge on any atom is -0.317 e. The zero-order valence-electron chi connectivity index (χ0n) is 9.22. The summed E-state index contributed by atoms with van der Waals surface area (Å²) in [6.45, 7) is 4.59. The largest absolute Gasteiger partial charge is 0.317 e. The molecule has 0 unspecified atom stereocenters. The molecule has 1 aromatic carbocycles. The smallest absolute Gasteiger partial charge is 0.0207 e. The van der Waals surface area contributed by atoms with Crippen LogP contribution in [0.15, 0.2) is 22.7 Å². The van der Waals surface area contributed by atoms with Crippen molar-refractivity contribution in [2.45, 2.75) is 26.2 Å². The van der Waals surface area contributed by atoms with Crippen LogP contribution >= 0.6 is 15.9 Å². The maximum Gasteiger partial charge on any atom is 0.0207 e. The standard InChI is InChI=1S/C13H18BrN/c1-10-12(3-2-4-13(10)14)9-11-5-7-15-8-6-11/h2-4,11,15H,5-9H2,1H3. The van der Waals surface area contributed by atoms with E-state index in [-0.39, 0.29) is 0 Å². The molecule has 1 fully saturated rings. The van der Waals surface area contributed by atoms with Crippen LogP contribution in [0, 0.1) is 12.8 Å². The van der Waals surface area contributed by atoms with E-state index in [0.717, 1.165) is 5.92 Å². The molecule has 0 atom stereocenters. The Kier molecular flexibility index (Phi) is 3.81. The lowest BCUT2D eigenvalue weighted by molar-refractivity contribution is 0.372. The fraction of sp³-hybridized carbons (Fsp3) is 0.538. The van der Waals surface area contributed by atoms with Crippen molar-refractivity contribution in [3.63, 3.8) is 0 Å². The molecule has 0 amide bonds. The maximum atomic E-state index is 3.60. The highest BCUT2D eigenvalue weighted by Crippen LogP contribution is 2.24. The summed E-state index contributed by atoms with van der Waals surface area (Å²) in [4.78, 5) is 0. The molecule has 1 aromatic rings. The zero-order valence-corrected chi connectivity index (χ0v) is 10.8. The third-order valence-corrected chi connectivity index (χ3v) is 4.21. The molecule has 82 valence electrons. The van der Waals surface area contributed by atoms with Gasteiger partial charge in [0.15, 0.2) is 0 Å². The van der Waals surface area contributed by atoms with Crippen LogP contribution in [0.5, 0.6) is 0 Å². The Morgan fingerprint density at radius 3 is 2.80 bits per heavy atom. The van der Waals surface area contributed by atoms with Crippen LogP contribution in [0.1, 0.15) is 24.0 Å². The van der Waals surface area contributed by atoms with Gasteiger partial charge in [0.2, 0.25) is 0 Å². The van der Waals surface area contributed by atoms with Crippen LogP contribution in [0.2, 0.25) is 0 Å². The minimum absolute atomic E-state index is 0.874. The Hall–Kier alpha value is -0.340. The summed E-state index contributed by atoms with van der Waals surface area (Å²) in [5.74, 6) is 0.874. The fourth-order valence-corrected chi connectivity index (χ4v) is 2.68. The number of hydrogen-bond acceptors (Lipinski definition) is 1. The van der Waals surface area contributed by atoms with E-state index in [1.807, 2.05) is 0 Å². The highest BCUT2D eigenvalue weighted by molar-refractivity contribution is 9.10. The molecule has 1 nitrogen and oxygen atoms in total. The van der Waals surface area contributed by atoms with Crippen LogP contribution < -0.4 is 5.32 Å². The van der Waals surface area contributed by atoms with Gasteiger partial charge in [0.25, 0.3) is 0 Å². The summed E-state index contributed by atoms with van der Waals surface area (Å²) in [5, 5.41) is 3.42. The summed E-state index contributed by atoms with van der Waals surface area (Å²) in [7, 11) is 0. The van der Waals surface area contributed by atoms with Crippen LogP contribution in [0.4, 0.5) is 0 Å². The Labute approximate surface area is 100 Å². The molecule has 15 heavy (non-hydrogen) atoms. The van der Waals surface area contributed by atoms with Crippen molar-refractivity contribution in [3.8, 4) is 0 Å². The second kappa shape index (κ2) is 5.13. The van der Waals surface area contributed by atoms with E-state index in [2.05, 4.69) is 46.4 Å². The van der Waals surface area contributed by atoms with E-state index in [1.165, 1.54) is 48.0 Å². The first kappa shape index (κ1) is 11.2.